The summed E-state index contributed by atoms with van der Waals surface area (Å²) in [6.45, 7) is 0. The van der Waals surface area contributed by atoms with Gasteiger partial charge in [0.15, 0.2) is 0 Å². The lowest BCUT2D eigenvalue weighted by molar-refractivity contribution is 0.117. The van der Waals surface area contributed by atoms with Gasteiger partial charge in [0, 0.05) is 6.04 Å². The highest BCUT2D eigenvalue weighted by Crippen LogP contribution is 2.40. The maximum atomic E-state index is 12.2. The maximum absolute atomic E-state index is 12.2. The number of aliphatic hydroxyl groups is 1. The van der Waals surface area contributed by atoms with E-state index in [9.17, 15) is 9.90 Å². The number of nitrogens with one attached hydrogen (secondary N) is 2. The Balaban J connectivity index is 1.55. The molecule has 0 bridgehead atoms. The molecule has 1 aromatic carbocycles. The van der Waals surface area contributed by atoms with E-state index in [0.717, 1.165) is 25.7 Å². The molecule has 2 saturated carbocycles. The number of urea groups is 1. The van der Waals surface area contributed by atoms with Gasteiger partial charge in [-0.3, -0.25) is 0 Å². The predicted octanol–water partition coefficient (Wildman–Crippen LogP) is 2.74. The molecule has 0 aliphatic heterocycles. The van der Waals surface area contributed by atoms with E-state index in [4.69, 9.17) is 0 Å². The zero-order valence-corrected chi connectivity index (χ0v) is 12.3. The molecule has 3 N–H and O–H groups in total. The van der Waals surface area contributed by atoms with Gasteiger partial charge in [-0.1, -0.05) is 30.3 Å². The molecule has 1 unspecified atom stereocenters. The summed E-state index contributed by atoms with van der Waals surface area (Å²) in [4.78, 5) is 12.2. The molecule has 4 nitrogen and oxygen atoms in total. The van der Waals surface area contributed by atoms with E-state index >= 15 is 0 Å². The van der Waals surface area contributed by atoms with Crippen molar-refractivity contribution in [2.45, 2.75) is 56.7 Å². The van der Waals surface area contributed by atoms with E-state index in [1.165, 1.54) is 18.4 Å². The van der Waals surface area contributed by atoms with Crippen LogP contribution < -0.4 is 10.6 Å². The number of hydrogen-bond acceptors (Lipinski definition) is 2. The van der Waals surface area contributed by atoms with E-state index in [0.29, 0.717) is 5.92 Å². The van der Waals surface area contributed by atoms with Crippen LogP contribution in [-0.2, 0) is 0 Å². The van der Waals surface area contributed by atoms with Gasteiger partial charge in [0.2, 0.25) is 0 Å². The molecule has 2 aliphatic rings. The van der Waals surface area contributed by atoms with E-state index in [1.807, 2.05) is 18.2 Å². The molecular weight excluding hydrogens is 264 g/mol. The van der Waals surface area contributed by atoms with Crippen LogP contribution in [0.5, 0.6) is 0 Å². The Morgan fingerprint density at radius 1 is 1.05 bits per heavy atom. The Morgan fingerprint density at radius 2 is 1.71 bits per heavy atom. The topological polar surface area (TPSA) is 61.4 Å². The van der Waals surface area contributed by atoms with Gasteiger partial charge in [-0.15, -0.1) is 0 Å². The van der Waals surface area contributed by atoms with Gasteiger partial charge in [0.25, 0.3) is 0 Å². The molecule has 0 spiro atoms. The van der Waals surface area contributed by atoms with Crippen molar-refractivity contribution in [1.82, 2.24) is 10.6 Å². The molecule has 0 aromatic heterocycles. The standard InChI is InChI=1S/C17H24N2O2/c20-15-10-8-14(9-11-15)18-17(21)19-16(13-6-7-13)12-4-2-1-3-5-12/h1-5,13-16,20H,6-11H2,(H2,18,19,21). The summed E-state index contributed by atoms with van der Waals surface area (Å²) in [5.41, 5.74) is 1.19. The molecule has 0 saturated heterocycles. The average Bonchev–Trinajstić information content (AvgIpc) is 3.33. The fraction of sp³-hybridized carbons (Fsp3) is 0.588. The second-order valence-electron chi connectivity index (χ2n) is 6.35. The minimum Gasteiger partial charge on any atom is -0.393 e. The predicted molar refractivity (Wildman–Crippen MR) is 81.8 cm³/mol. The highest BCUT2D eigenvalue weighted by Gasteiger charge is 2.33. The van der Waals surface area contributed by atoms with Crippen LogP contribution in [0, 0.1) is 5.92 Å². The van der Waals surface area contributed by atoms with E-state index in [2.05, 4.69) is 22.8 Å². The van der Waals surface area contributed by atoms with E-state index < -0.39 is 0 Å². The van der Waals surface area contributed by atoms with Crippen LogP contribution in [0.3, 0.4) is 0 Å². The zero-order chi connectivity index (χ0) is 14.7. The molecule has 0 heterocycles. The van der Waals surface area contributed by atoms with Crippen LogP contribution in [-0.4, -0.2) is 23.3 Å². The van der Waals surface area contributed by atoms with Crippen molar-refractivity contribution in [3.8, 4) is 0 Å². The van der Waals surface area contributed by atoms with Crippen molar-refractivity contribution in [2.24, 2.45) is 5.92 Å². The SMILES string of the molecule is O=C(NC1CCC(O)CC1)NC(c1ccccc1)C1CC1. The van der Waals surface area contributed by atoms with E-state index in [-0.39, 0.29) is 24.2 Å². The molecule has 0 radical (unpaired) electrons. The molecular formula is C17H24N2O2. The third kappa shape index (κ3) is 3.97. The molecule has 114 valence electrons. The Bertz CT molecular complexity index is 465. The fourth-order valence-corrected chi connectivity index (χ4v) is 3.15. The maximum Gasteiger partial charge on any atom is 0.315 e. The fourth-order valence-electron chi connectivity index (χ4n) is 3.15. The summed E-state index contributed by atoms with van der Waals surface area (Å²) >= 11 is 0. The summed E-state index contributed by atoms with van der Waals surface area (Å²) in [5, 5.41) is 15.7. The zero-order valence-electron chi connectivity index (χ0n) is 12.3. The lowest BCUT2D eigenvalue weighted by Crippen LogP contribution is -2.45. The number of amides is 2. The molecule has 1 aromatic rings. The van der Waals surface area contributed by atoms with Crippen molar-refractivity contribution < 1.29 is 9.90 Å². The summed E-state index contributed by atoms with van der Waals surface area (Å²) in [5.74, 6) is 0.575. The quantitative estimate of drug-likeness (QED) is 0.798. The second kappa shape index (κ2) is 6.48. The first kappa shape index (κ1) is 14.4. The Kier molecular flexibility index (Phi) is 4.44. The number of benzene rings is 1. The van der Waals surface area contributed by atoms with Gasteiger partial charge in [0.1, 0.15) is 0 Å². The molecule has 4 heteroatoms. The third-order valence-electron chi connectivity index (χ3n) is 4.57. The average molecular weight is 288 g/mol. The van der Waals surface area contributed by atoms with Gasteiger partial charge in [-0.25, -0.2) is 4.79 Å². The van der Waals surface area contributed by atoms with Crippen molar-refractivity contribution in [3.63, 3.8) is 0 Å². The van der Waals surface area contributed by atoms with Gasteiger partial charge in [-0.2, -0.15) is 0 Å². The smallest absolute Gasteiger partial charge is 0.315 e. The van der Waals surface area contributed by atoms with Crippen LogP contribution in [0.2, 0.25) is 0 Å². The summed E-state index contributed by atoms with van der Waals surface area (Å²) in [7, 11) is 0. The van der Waals surface area contributed by atoms with Gasteiger partial charge in [-0.05, 0) is 50.0 Å². The first-order valence-corrected chi connectivity index (χ1v) is 8.02. The molecule has 2 amide bonds. The number of hydrogen-bond donors (Lipinski definition) is 3. The Hall–Kier alpha value is -1.55. The van der Waals surface area contributed by atoms with Crippen LogP contribution >= 0.6 is 0 Å². The Morgan fingerprint density at radius 3 is 2.33 bits per heavy atom. The summed E-state index contributed by atoms with van der Waals surface area (Å²) in [6, 6.07) is 10.5. The number of carbonyl (C=O) groups excluding carboxylic acids is 1. The van der Waals surface area contributed by atoms with Crippen molar-refractivity contribution in [3.05, 3.63) is 35.9 Å². The summed E-state index contributed by atoms with van der Waals surface area (Å²) < 4.78 is 0. The number of rotatable bonds is 4. The monoisotopic (exact) mass is 288 g/mol. The molecule has 1 atom stereocenters. The van der Waals surface area contributed by atoms with Crippen LogP contribution in [0.25, 0.3) is 0 Å². The van der Waals surface area contributed by atoms with Crippen LogP contribution in [0.1, 0.15) is 50.1 Å². The highest BCUT2D eigenvalue weighted by molar-refractivity contribution is 5.75. The minimum absolute atomic E-state index is 0.0721. The second-order valence-corrected chi connectivity index (χ2v) is 6.35. The van der Waals surface area contributed by atoms with Crippen LogP contribution in [0.15, 0.2) is 30.3 Å². The van der Waals surface area contributed by atoms with Gasteiger partial charge in [0.05, 0.1) is 12.1 Å². The third-order valence-corrected chi connectivity index (χ3v) is 4.57. The molecule has 21 heavy (non-hydrogen) atoms. The van der Waals surface area contributed by atoms with E-state index in [1.54, 1.807) is 0 Å². The van der Waals surface area contributed by atoms with Gasteiger partial charge < -0.3 is 15.7 Å². The van der Waals surface area contributed by atoms with Gasteiger partial charge >= 0.3 is 6.03 Å². The number of carbonyl (C=O) groups is 1. The molecule has 2 aliphatic carbocycles. The lowest BCUT2D eigenvalue weighted by atomic mass is 9.93. The van der Waals surface area contributed by atoms with Crippen LogP contribution in [0.4, 0.5) is 4.79 Å². The van der Waals surface area contributed by atoms with Crippen molar-refractivity contribution in [2.75, 3.05) is 0 Å². The first-order valence-electron chi connectivity index (χ1n) is 8.02. The van der Waals surface area contributed by atoms with Crippen molar-refractivity contribution >= 4 is 6.03 Å². The molecule has 2 fully saturated rings. The Labute approximate surface area is 125 Å². The van der Waals surface area contributed by atoms with Crippen molar-refractivity contribution in [1.29, 1.82) is 0 Å². The molecule has 3 rings (SSSR count). The minimum atomic E-state index is -0.186. The highest BCUT2D eigenvalue weighted by atomic mass is 16.3. The largest absolute Gasteiger partial charge is 0.393 e. The first-order chi connectivity index (χ1) is 10.2. The summed E-state index contributed by atoms with van der Waals surface area (Å²) in [6.07, 6.45) is 5.51. The lowest BCUT2D eigenvalue weighted by Gasteiger charge is -2.27. The number of aliphatic hydroxyl groups excluding tert-OH is 1. The normalized spacial score (nSPS) is 26.9.